The molecule has 0 aliphatic carbocycles. The third-order valence-corrected chi connectivity index (χ3v) is 4.12. The van der Waals surface area contributed by atoms with Crippen molar-refractivity contribution in [2.24, 2.45) is 0 Å². The van der Waals surface area contributed by atoms with Gasteiger partial charge in [0, 0.05) is 35.0 Å². The van der Waals surface area contributed by atoms with Gasteiger partial charge in [-0.15, -0.1) is 0 Å². The molecule has 0 radical (unpaired) electrons. The molecule has 0 aliphatic rings. The molecule has 21 heavy (non-hydrogen) atoms. The highest BCUT2D eigenvalue weighted by Crippen LogP contribution is 2.30. The fourth-order valence-electron chi connectivity index (χ4n) is 2.72. The van der Waals surface area contributed by atoms with E-state index >= 15 is 0 Å². The Kier molecular flexibility index (Phi) is 5.05. The van der Waals surface area contributed by atoms with Gasteiger partial charge in [0.15, 0.2) is 0 Å². The zero-order valence-electron chi connectivity index (χ0n) is 13.7. The first-order valence-electron chi connectivity index (χ1n) is 8.00. The maximum Gasteiger partial charge on any atom is 0.0727 e. The molecule has 2 aromatic rings. The number of unbranched alkanes of at least 4 members (excludes halogenated alkanes) is 1. The average molecular weight is 285 g/mol. The molecule has 2 N–H and O–H groups in total. The Morgan fingerprint density at radius 3 is 2.67 bits per heavy atom. The molecule has 1 aromatic carbocycles. The summed E-state index contributed by atoms with van der Waals surface area (Å²) in [6, 6.07) is 8.72. The van der Waals surface area contributed by atoms with E-state index in [-0.39, 0.29) is 0 Å². The van der Waals surface area contributed by atoms with Gasteiger partial charge in [-0.1, -0.05) is 20.3 Å². The minimum absolute atomic E-state index is 0.517. The summed E-state index contributed by atoms with van der Waals surface area (Å²) in [6.45, 7) is 9.92. The van der Waals surface area contributed by atoms with E-state index in [0.29, 0.717) is 6.04 Å². The smallest absolute Gasteiger partial charge is 0.0727 e. The average Bonchev–Trinajstić information content (AvgIpc) is 2.47. The van der Waals surface area contributed by atoms with E-state index in [4.69, 9.17) is 5.73 Å². The molecular formula is C18H27N3. The highest BCUT2D eigenvalue weighted by Gasteiger charge is 2.16. The lowest BCUT2D eigenvalue weighted by atomic mass is 10.1. The van der Waals surface area contributed by atoms with E-state index in [1.54, 1.807) is 0 Å². The minimum atomic E-state index is 0.517. The number of aromatic nitrogens is 1. The van der Waals surface area contributed by atoms with Crippen molar-refractivity contribution in [1.29, 1.82) is 0 Å². The summed E-state index contributed by atoms with van der Waals surface area (Å²) in [4.78, 5) is 7.16. The molecule has 1 unspecified atom stereocenters. The van der Waals surface area contributed by atoms with Gasteiger partial charge in [-0.05, 0) is 51.0 Å². The molecule has 0 bridgehead atoms. The number of aryl methyl sites for hydroxylation is 1. The van der Waals surface area contributed by atoms with Crippen LogP contribution in [-0.2, 0) is 0 Å². The number of rotatable bonds is 6. The number of hydrogen-bond donors (Lipinski definition) is 1. The van der Waals surface area contributed by atoms with Crippen LogP contribution in [0.2, 0.25) is 0 Å². The molecule has 0 aliphatic heterocycles. The monoisotopic (exact) mass is 285 g/mol. The van der Waals surface area contributed by atoms with E-state index in [0.717, 1.165) is 35.2 Å². The SMILES string of the molecule is CCCCN(c1cc(C)nc2ccc(N)cc12)C(C)CC. The van der Waals surface area contributed by atoms with Crippen molar-refractivity contribution in [2.45, 2.75) is 53.0 Å². The highest BCUT2D eigenvalue weighted by atomic mass is 15.2. The molecule has 0 spiro atoms. The van der Waals surface area contributed by atoms with Crippen LogP contribution in [0.25, 0.3) is 10.9 Å². The first-order chi connectivity index (χ1) is 10.1. The predicted octanol–water partition coefficient (Wildman–Crippen LogP) is 4.53. The van der Waals surface area contributed by atoms with Crippen LogP contribution in [0.3, 0.4) is 0 Å². The van der Waals surface area contributed by atoms with Crippen LogP contribution in [0.1, 0.15) is 45.7 Å². The molecule has 1 atom stereocenters. The second-order valence-electron chi connectivity index (χ2n) is 5.86. The molecule has 0 amide bonds. The van der Waals surface area contributed by atoms with Crippen molar-refractivity contribution in [2.75, 3.05) is 17.2 Å². The van der Waals surface area contributed by atoms with Crippen LogP contribution in [0.4, 0.5) is 11.4 Å². The summed E-state index contributed by atoms with van der Waals surface area (Å²) in [7, 11) is 0. The number of nitrogen functional groups attached to an aromatic ring is 1. The quantitative estimate of drug-likeness (QED) is 0.793. The summed E-state index contributed by atoms with van der Waals surface area (Å²) in [5, 5.41) is 1.16. The lowest BCUT2D eigenvalue weighted by Crippen LogP contribution is -2.33. The third kappa shape index (κ3) is 3.46. The van der Waals surface area contributed by atoms with Crippen molar-refractivity contribution in [3.63, 3.8) is 0 Å². The molecule has 3 heteroatoms. The van der Waals surface area contributed by atoms with E-state index in [2.05, 4.69) is 49.7 Å². The van der Waals surface area contributed by atoms with Gasteiger partial charge in [-0.3, -0.25) is 4.98 Å². The van der Waals surface area contributed by atoms with Gasteiger partial charge in [0.2, 0.25) is 0 Å². The number of benzene rings is 1. The van der Waals surface area contributed by atoms with Gasteiger partial charge < -0.3 is 10.6 Å². The van der Waals surface area contributed by atoms with Gasteiger partial charge in [-0.2, -0.15) is 0 Å². The second-order valence-corrected chi connectivity index (χ2v) is 5.86. The van der Waals surface area contributed by atoms with E-state index in [1.165, 1.54) is 18.5 Å². The van der Waals surface area contributed by atoms with Crippen LogP contribution in [0, 0.1) is 6.92 Å². The van der Waals surface area contributed by atoms with Crippen LogP contribution >= 0.6 is 0 Å². The van der Waals surface area contributed by atoms with Gasteiger partial charge in [0.25, 0.3) is 0 Å². The van der Waals surface area contributed by atoms with Gasteiger partial charge in [-0.25, -0.2) is 0 Å². The molecule has 1 heterocycles. The Morgan fingerprint density at radius 1 is 1.24 bits per heavy atom. The zero-order valence-corrected chi connectivity index (χ0v) is 13.7. The van der Waals surface area contributed by atoms with Gasteiger partial charge >= 0.3 is 0 Å². The first kappa shape index (κ1) is 15.6. The fourth-order valence-corrected chi connectivity index (χ4v) is 2.72. The van der Waals surface area contributed by atoms with Crippen molar-refractivity contribution >= 4 is 22.3 Å². The molecule has 3 nitrogen and oxygen atoms in total. The molecule has 0 saturated heterocycles. The number of fused-ring (bicyclic) bond motifs is 1. The summed E-state index contributed by atoms with van der Waals surface area (Å²) in [5.74, 6) is 0. The lowest BCUT2D eigenvalue weighted by Gasteiger charge is -2.32. The van der Waals surface area contributed by atoms with Crippen molar-refractivity contribution in [3.8, 4) is 0 Å². The van der Waals surface area contributed by atoms with Crippen LogP contribution in [0.5, 0.6) is 0 Å². The Labute approximate surface area is 128 Å². The van der Waals surface area contributed by atoms with Crippen molar-refractivity contribution < 1.29 is 0 Å². The maximum atomic E-state index is 5.99. The molecule has 114 valence electrons. The number of nitrogens with two attached hydrogens (primary N) is 1. The number of pyridine rings is 1. The normalized spacial score (nSPS) is 12.6. The molecular weight excluding hydrogens is 258 g/mol. The first-order valence-corrected chi connectivity index (χ1v) is 8.00. The largest absolute Gasteiger partial charge is 0.399 e. The zero-order chi connectivity index (χ0) is 15.4. The van der Waals surface area contributed by atoms with Crippen LogP contribution < -0.4 is 10.6 Å². The topological polar surface area (TPSA) is 42.2 Å². The van der Waals surface area contributed by atoms with Crippen LogP contribution in [-0.4, -0.2) is 17.6 Å². The summed E-state index contributed by atoms with van der Waals surface area (Å²) >= 11 is 0. The number of nitrogens with zero attached hydrogens (tertiary/aromatic N) is 2. The Balaban J connectivity index is 2.56. The third-order valence-electron chi connectivity index (χ3n) is 4.12. The maximum absolute atomic E-state index is 5.99. The predicted molar refractivity (Wildman–Crippen MR) is 92.9 cm³/mol. The van der Waals surface area contributed by atoms with Crippen molar-refractivity contribution in [1.82, 2.24) is 4.98 Å². The fraction of sp³-hybridized carbons (Fsp3) is 0.500. The highest BCUT2D eigenvalue weighted by molar-refractivity contribution is 5.94. The molecule has 1 aromatic heterocycles. The number of anilines is 2. The van der Waals surface area contributed by atoms with E-state index < -0.39 is 0 Å². The van der Waals surface area contributed by atoms with E-state index in [9.17, 15) is 0 Å². The van der Waals surface area contributed by atoms with Crippen LogP contribution in [0.15, 0.2) is 24.3 Å². The summed E-state index contributed by atoms with van der Waals surface area (Å²) in [6.07, 6.45) is 3.54. The molecule has 0 fully saturated rings. The molecule has 0 saturated carbocycles. The second kappa shape index (κ2) is 6.79. The Bertz CT molecular complexity index is 607. The van der Waals surface area contributed by atoms with Gasteiger partial charge in [0.05, 0.1) is 5.52 Å². The molecule has 2 rings (SSSR count). The summed E-state index contributed by atoms with van der Waals surface area (Å²) < 4.78 is 0. The Morgan fingerprint density at radius 2 is 2.00 bits per heavy atom. The van der Waals surface area contributed by atoms with Gasteiger partial charge in [0.1, 0.15) is 0 Å². The lowest BCUT2D eigenvalue weighted by molar-refractivity contribution is 0.597. The van der Waals surface area contributed by atoms with E-state index in [1.807, 2.05) is 12.1 Å². The Hall–Kier alpha value is -1.77. The number of hydrogen-bond acceptors (Lipinski definition) is 3. The standard InChI is InChI=1S/C18H27N3/c1-5-7-10-21(14(4)6-2)18-11-13(3)20-17-9-8-15(19)12-16(17)18/h8-9,11-12,14H,5-7,10,19H2,1-4H3. The van der Waals surface area contributed by atoms with Crippen molar-refractivity contribution in [3.05, 3.63) is 30.0 Å². The summed E-state index contributed by atoms with van der Waals surface area (Å²) in [5.41, 5.74) is 10.2. The minimum Gasteiger partial charge on any atom is -0.399 e.